The van der Waals surface area contributed by atoms with E-state index in [1.165, 1.54) is 0 Å². The van der Waals surface area contributed by atoms with Crippen molar-refractivity contribution in [1.29, 1.82) is 0 Å². The smallest absolute Gasteiger partial charge is 0.222 e. The second-order valence-corrected chi connectivity index (χ2v) is 4.37. The summed E-state index contributed by atoms with van der Waals surface area (Å²) < 4.78 is 0. The summed E-state index contributed by atoms with van der Waals surface area (Å²) in [5.41, 5.74) is 0. The van der Waals surface area contributed by atoms with Crippen LogP contribution in [0, 0.1) is 0 Å². The normalized spacial score (nSPS) is 12.6. The van der Waals surface area contributed by atoms with Gasteiger partial charge in [-0.15, -0.1) is 0 Å². The molecule has 0 heterocycles. The highest BCUT2D eigenvalue weighted by Gasteiger charge is 2.13. The van der Waals surface area contributed by atoms with Gasteiger partial charge in [0.1, 0.15) is 0 Å². The maximum atomic E-state index is 11.5. The molecule has 0 rings (SSSR count). The minimum absolute atomic E-state index is 0.274. The van der Waals surface area contributed by atoms with E-state index in [9.17, 15) is 4.79 Å². The number of hydrogen-bond donors (Lipinski definition) is 0. The van der Waals surface area contributed by atoms with Crippen molar-refractivity contribution in [2.24, 2.45) is 0 Å². The summed E-state index contributed by atoms with van der Waals surface area (Å²) in [5.74, 6) is 1.40. The number of carbonyl (C=O) groups excluding carboxylic acids is 1. The van der Waals surface area contributed by atoms with Crippen molar-refractivity contribution in [2.45, 2.75) is 39.2 Å². The first-order valence-electron chi connectivity index (χ1n) is 4.88. The second kappa shape index (κ2) is 7.25. The molecule has 13 heavy (non-hydrogen) atoms. The fraction of sp³-hybridized carbons (Fsp3) is 0.900. The Morgan fingerprint density at radius 1 is 1.54 bits per heavy atom. The number of amides is 1. The summed E-state index contributed by atoms with van der Waals surface area (Å²) in [6.45, 7) is 4.15. The van der Waals surface area contributed by atoms with Crippen LogP contribution in [0.15, 0.2) is 0 Å². The Kier molecular flexibility index (Phi) is 7.14. The average molecular weight is 203 g/mol. The lowest BCUT2D eigenvalue weighted by atomic mass is 10.2. The molecule has 0 N–H and O–H groups in total. The third-order valence-electron chi connectivity index (χ3n) is 2.26. The SMILES string of the molecule is CCCC(=O)N(C)C(C)CCSC. The molecule has 0 fully saturated rings. The van der Waals surface area contributed by atoms with E-state index in [2.05, 4.69) is 13.2 Å². The summed E-state index contributed by atoms with van der Waals surface area (Å²) in [5, 5.41) is 0. The Hall–Kier alpha value is -0.180. The lowest BCUT2D eigenvalue weighted by molar-refractivity contribution is -0.131. The van der Waals surface area contributed by atoms with Gasteiger partial charge in [-0.3, -0.25) is 4.79 Å². The van der Waals surface area contributed by atoms with Crippen LogP contribution in [-0.2, 0) is 4.79 Å². The molecule has 0 aromatic rings. The first-order valence-corrected chi connectivity index (χ1v) is 6.27. The largest absolute Gasteiger partial charge is 0.343 e. The van der Waals surface area contributed by atoms with E-state index >= 15 is 0 Å². The van der Waals surface area contributed by atoms with Crippen LogP contribution in [-0.4, -0.2) is 35.9 Å². The molecule has 0 aliphatic rings. The van der Waals surface area contributed by atoms with Gasteiger partial charge >= 0.3 is 0 Å². The van der Waals surface area contributed by atoms with E-state index in [1.807, 2.05) is 30.6 Å². The molecule has 1 atom stereocenters. The van der Waals surface area contributed by atoms with Crippen LogP contribution in [0.2, 0.25) is 0 Å². The van der Waals surface area contributed by atoms with Crippen LogP contribution in [0.1, 0.15) is 33.1 Å². The zero-order valence-electron chi connectivity index (χ0n) is 9.17. The lowest BCUT2D eigenvalue weighted by Crippen LogP contribution is -2.35. The monoisotopic (exact) mass is 203 g/mol. The van der Waals surface area contributed by atoms with Gasteiger partial charge in [0.2, 0.25) is 5.91 Å². The molecule has 0 saturated heterocycles. The van der Waals surface area contributed by atoms with Crippen molar-refractivity contribution in [1.82, 2.24) is 4.90 Å². The van der Waals surface area contributed by atoms with Crippen molar-refractivity contribution in [3.63, 3.8) is 0 Å². The second-order valence-electron chi connectivity index (χ2n) is 3.39. The van der Waals surface area contributed by atoms with Gasteiger partial charge in [0.05, 0.1) is 0 Å². The predicted molar refractivity (Wildman–Crippen MR) is 60.1 cm³/mol. The number of rotatable bonds is 6. The van der Waals surface area contributed by atoms with Crippen molar-refractivity contribution >= 4 is 17.7 Å². The van der Waals surface area contributed by atoms with Crippen LogP contribution in [0.3, 0.4) is 0 Å². The molecule has 1 unspecified atom stereocenters. The molecule has 78 valence electrons. The number of carbonyl (C=O) groups is 1. The molecule has 1 amide bonds. The first kappa shape index (κ1) is 12.8. The quantitative estimate of drug-likeness (QED) is 0.660. The van der Waals surface area contributed by atoms with Gasteiger partial charge in [0, 0.05) is 19.5 Å². The summed E-state index contributed by atoms with van der Waals surface area (Å²) in [6.07, 6.45) is 4.81. The Morgan fingerprint density at radius 3 is 2.62 bits per heavy atom. The van der Waals surface area contributed by atoms with E-state index in [4.69, 9.17) is 0 Å². The summed E-state index contributed by atoms with van der Waals surface area (Å²) in [4.78, 5) is 13.3. The molecule has 0 spiro atoms. The zero-order valence-corrected chi connectivity index (χ0v) is 9.99. The highest BCUT2D eigenvalue weighted by molar-refractivity contribution is 7.98. The average Bonchev–Trinajstić information content (AvgIpc) is 2.13. The highest BCUT2D eigenvalue weighted by atomic mass is 32.2. The molecule has 0 aliphatic carbocycles. The zero-order chi connectivity index (χ0) is 10.3. The minimum Gasteiger partial charge on any atom is -0.343 e. The van der Waals surface area contributed by atoms with Gasteiger partial charge in [-0.05, 0) is 31.8 Å². The Morgan fingerprint density at radius 2 is 2.15 bits per heavy atom. The van der Waals surface area contributed by atoms with E-state index in [0.717, 1.165) is 18.6 Å². The summed E-state index contributed by atoms with van der Waals surface area (Å²) in [6, 6.07) is 0.381. The van der Waals surface area contributed by atoms with Gasteiger partial charge in [0.25, 0.3) is 0 Å². The molecular formula is C10H21NOS. The van der Waals surface area contributed by atoms with Gasteiger partial charge in [-0.25, -0.2) is 0 Å². The van der Waals surface area contributed by atoms with Gasteiger partial charge < -0.3 is 4.90 Å². The van der Waals surface area contributed by atoms with Gasteiger partial charge in [0.15, 0.2) is 0 Å². The molecule has 0 aromatic heterocycles. The Bertz CT molecular complexity index is 150. The van der Waals surface area contributed by atoms with Crippen LogP contribution in [0.25, 0.3) is 0 Å². The molecule has 0 radical (unpaired) electrons. The van der Waals surface area contributed by atoms with Crippen molar-refractivity contribution in [2.75, 3.05) is 19.1 Å². The van der Waals surface area contributed by atoms with Crippen LogP contribution < -0.4 is 0 Å². The third-order valence-corrected chi connectivity index (χ3v) is 2.90. The van der Waals surface area contributed by atoms with Crippen molar-refractivity contribution < 1.29 is 4.79 Å². The molecule has 2 nitrogen and oxygen atoms in total. The number of nitrogens with zero attached hydrogens (tertiary/aromatic N) is 1. The standard InChI is InChI=1S/C10H21NOS/c1-5-6-10(12)11(3)9(2)7-8-13-4/h9H,5-8H2,1-4H3. The molecule has 0 bridgehead atoms. The first-order chi connectivity index (χ1) is 6.13. The lowest BCUT2D eigenvalue weighted by Gasteiger charge is -2.24. The van der Waals surface area contributed by atoms with E-state index in [0.29, 0.717) is 12.5 Å². The molecule has 3 heteroatoms. The summed E-state index contributed by atoms with van der Waals surface area (Å²) >= 11 is 1.83. The number of hydrogen-bond acceptors (Lipinski definition) is 2. The fourth-order valence-corrected chi connectivity index (χ4v) is 1.69. The Balaban J connectivity index is 3.79. The van der Waals surface area contributed by atoms with Crippen LogP contribution >= 0.6 is 11.8 Å². The molecule has 0 aromatic carbocycles. The maximum Gasteiger partial charge on any atom is 0.222 e. The Labute approximate surface area is 86.1 Å². The topological polar surface area (TPSA) is 20.3 Å². The highest BCUT2D eigenvalue weighted by Crippen LogP contribution is 2.07. The minimum atomic E-state index is 0.274. The molecule has 0 saturated carbocycles. The van der Waals surface area contributed by atoms with E-state index in [-0.39, 0.29) is 5.91 Å². The molecular weight excluding hydrogens is 182 g/mol. The maximum absolute atomic E-state index is 11.5. The predicted octanol–water partition coefficient (Wildman–Crippen LogP) is 2.39. The van der Waals surface area contributed by atoms with Gasteiger partial charge in [-0.1, -0.05) is 6.92 Å². The van der Waals surface area contributed by atoms with Crippen LogP contribution in [0.5, 0.6) is 0 Å². The fourth-order valence-electron chi connectivity index (χ4n) is 1.12. The van der Waals surface area contributed by atoms with E-state index < -0.39 is 0 Å². The summed E-state index contributed by atoms with van der Waals surface area (Å²) in [7, 11) is 1.91. The number of thioether (sulfide) groups is 1. The van der Waals surface area contributed by atoms with Crippen molar-refractivity contribution in [3.8, 4) is 0 Å². The van der Waals surface area contributed by atoms with Crippen LogP contribution in [0.4, 0.5) is 0 Å². The molecule has 0 aliphatic heterocycles. The van der Waals surface area contributed by atoms with E-state index in [1.54, 1.807) is 0 Å². The van der Waals surface area contributed by atoms with Crippen molar-refractivity contribution in [3.05, 3.63) is 0 Å². The van der Waals surface area contributed by atoms with Gasteiger partial charge in [-0.2, -0.15) is 11.8 Å². The third kappa shape index (κ3) is 5.19.